The van der Waals surface area contributed by atoms with Crippen LogP contribution in [-0.2, 0) is 0 Å². The van der Waals surface area contributed by atoms with Crippen LogP contribution in [0.25, 0.3) is 0 Å². The zero-order valence-corrected chi connectivity index (χ0v) is 9.12. The molecule has 1 aliphatic carbocycles. The third-order valence-corrected chi connectivity index (χ3v) is 3.19. The molecule has 2 atom stereocenters. The molecule has 1 rings (SSSR count). The lowest BCUT2D eigenvalue weighted by atomic mass is 9.98. The molecule has 1 aliphatic rings. The van der Waals surface area contributed by atoms with Crippen LogP contribution < -0.4 is 0 Å². The maximum absolute atomic E-state index is 9.61. The Hall–Kier alpha value is -0.0800. The predicted octanol–water partition coefficient (Wildman–Crippen LogP) is 2.62. The Morgan fingerprint density at radius 2 is 0.786 bits per heavy atom. The fourth-order valence-electron chi connectivity index (χ4n) is 2.15. The van der Waals surface area contributed by atoms with Gasteiger partial charge in [0.15, 0.2) is 0 Å². The van der Waals surface area contributed by atoms with E-state index in [0.29, 0.717) is 0 Å². The Kier molecular flexibility index (Phi) is 6.20. The minimum atomic E-state index is -0.477. The van der Waals surface area contributed by atoms with Gasteiger partial charge >= 0.3 is 0 Å². The van der Waals surface area contributed by atoms with Crippen molar-refractivity contribution < 1.29 is 10.2 Å². The van der Waals surface area contributed by atoms with Gasteiger partial charge in [0.2, 0.25) is 0 Å². The topological polar surface area (TPSA) is 40.5 Å². The molecule has 0 aliphatic heterocycles. The van der Waals surface area contributed by atoms with Crippen LogP contribution in [0, 0.1) is 0 Å². The standard InChI is InChI=1S/C12H24O2/c13-11-9-7-5-3-1-2-4-6-8-10-12(11)14/h11-14H,1-10H2. The number of rotatable bonds is 0. The third kappa shape index (κ3) is 4.97. The zero-order valence-electron chi connectivity index (χ0n) is 9.12. The van der Waals surface area contributed by atoms with Crippen molar-refractivity contribution in [1.29, 1.82) is 0 Å². The summed E-state index contributed by atoms with van der Waals surface area (Å²) in [5.74, 6) is 0. The van der Waals surface area contributed by atoms with E-state index in [9.17, 15) is 10.2 Å². The van der Waals surface area contributed by atoms with Crippen molar-refractivity contribution in [3.63, 3.8) is 0 Å². The summed E-state index contributed by atoms with van der Waals surface area (Å²) >= 11 is 0. The van der Waals surface area contributed by atoms with E-state index in [4.69, 9.17) is 0 Å². The minimum absolute atomic E-state index is 0.477. The van der Waals surface area contributed by atoms with Crippen LogP contribution in [-0.4, -0.2) is 22.4 Å². The Morgan fingerprint density at radius 1 is 0.500 bits per heavy atom. The monoisotopic (exact) mass is 200 g/mol. The summed E-state index contributed by atoms with van der Waals surface area (Å²) in [6.45, 7) is 0. The predicted molar refractivity (Wildman–Crippen MR) is 58.2 cm³/mol. The van der Waals surface area contributed by atoms with Crippen molar-refractivity contribution in [1.82, 2.24) is 0 Å². The van der Waals surface area contributed by atoms with Crippen molar-refractivity contribution in [2.45, 2.75) is 76.4 Å². The van der Waals surface area contributed by atoms with Gasteiger partial charge in [-0.15, -0.1) is 0 Å². The molecule has 0 heterocycles. The summed E-state index contributed by atoms with van der Waals surface area (Å²) in [7, 11) is 0. The van der Waals surface area contributed by atoms with E-state index in [1.54, 1.807) is 0 Å². The molecule has 2 heteroatoms. The summed E-state index contributed by atoms with van der Waals surface area (Å²) in [5.41, 5.74) is 0. The lowest BCUT2D eigenvalue weighted by Gasteiger charge is -2.18. The molecule has 2 unspecified atom stereocenters. The molecule has 0 aromatic heterocycles. The number of hydrogen-bond acceptors (Lipinski definition) is 2. The fourth-order valence-corrected chi connectivity index (χ4v) is 2.15. The van der Waals surface area contributed by atoms with Gasteiger partial charge in [0, 0.05) is 0 Å². The molecule has 0 aromatic rings. The molecule has 0 amide bonds. The normalized spacial score (nSPS) is 33.0. The highest BCUT2D eigenvalue weighted by Crippen LogP contribution is 2.17. The molecule has 0 spiro atoms. The first-order valence-electron chi connectivity index (χ1n) is 6.17. The molecule has 0 saturated heterocycles. The zero-order chi connectivity index (χ0) is 10.2. The van der Waals surface area contributed by atoms with Crippen LogP contribution >= 0.6 is 0 Å². The van der Waals surface area contributed by atoms with Crippen LogP contribution in [0.5, 0.6) is 0 Å². The summed E-state index contributed by atoms with van der Waals surface area (Å²) in [6.07, 6.45) is 10.4. The molecule has 1 fully saturated rings. The Balaban J connectivity index is 2.23. The highest BCUT2D eigenvalue weighted by atomic mass is 16.3. The quantitative estimate of drug-likeness (QED) is 0.631. The van der Waals surface area contributed by atoms with Crippen molar-refractivity contribution in [3.05, 3.63) is 0 Å². The van der Waals surface area contributed by atoms with Gasteiger partial charge in [-0.25, -0.2) is 0 Å². The lowest BCUT2D eigenvalue weighted by molar-refractivity contribution is 0.00685. The molecular weight excluding hydrogens is 176 g/mol. The molecular formula is C12H24O2. The molecule has 0 radical (unpaired) electrons. The second-order valence-electron chi connectivity index (χ2n) is 4.54. The maximum atomic E-state index is 9.61. The van der Waals surface area contributed by atoms with Gasteiger partial charge in [-0.3, -0.25) is 0 Å². The summed E-state index contributed by atoms with van der Waals surface area (Å²) < 4.78 is 0. The lowest BCUT2D eigenvalue weighted by Crippen LogP contribution is -2.25. The molecule has 0 bridgehead atoms. The average molecular weight is 200 g/mol. The van der Waals surface area contributed by atoms with Crippen LogP contribution in [0.4, 0.5) is 0 Å². The number of hydrogen-bond donors (Lipinski definition) is 2. The second kappa shape index (κ2) is 7.24. The fraction of sp³-hybridized carbons (Fsp3) is 1.00. The van der Waals surface area contributed by atoms with Crippen molar-refractivity contribution in [2.75, 3.05) is 0 Å². The SMILES string of the molecule is OC1CCCCCCCCCCC1O. The minimum Gasteiger partial charge on any atom is -0.390 e. The van der Waals surface area contributed by atoms with Gasteiger partial charge in [-0.1, -0.05) is 51.4 Å². The average Bonchev–Trinajstić information content (AvgIpc) is 2.18. The van der Waals surface area contributed by atoms with Crippen LogP contribution in [0.2, 0.25) is 0 Å². The van der Waals surface area contributed by atoms with E-state index >= 15 is 0 Å². The van der Waals surface area contributed by atoms with Crippen LogP contribution in [0.1, 0.15) is 64.2 Å². The van der Waals surface area contributed by atoms with E-state index in [1.165, 1.54) is 38.5 Å². The van der Waals surface area contributed by atoms with Crippen LogP contribution in [0.3, 0.4) is 0 Å². The van der Waals surface area contributed by atoms with Gasteiger partial charge < -0.3 is 10.2 Å². The van der Waals surface area contributed by atoms with Gasteiger partial charge in [0.1, 0.15) is 0 Å². The first-order chi connectivity index (χ1) is 6.80. The van der Waals surface area contributed by atoms with E-state index < -0.39 is 12.2 Å². The summed E-state index contributed by atoms with van der Waals surface area (Å²) in [5, 5.41) is 19.2. The van der Waals surface area contributed by atoms with E-state index in [1.807, 2.05) is 0 Å². The van der Waals surface area contributed by atoms with E-state index in [0.717, 1.165) is 25.7 Å². The smallest absolute Gasteiger partial charge is 0.0799 e. The Morgan fingerprint density at radius 3 is 1.14 bits per heavy atom. The highest BCUT2D eigenvalue weighted by Gasteiger charge is 2.15. The number of aliphatic hydroxyl groups is 2. The van der Waals surface area contributed by atoms with E-state index in [-0.39, 0.29) is 0 Å². The second-order valence-corrected chi connectivity index (χ2v) is 4.54. The van der Waals surface area contributed by atoms with Gasteiger partial charge in [-0.2, -0.15) is 0 Å². The summed E-state index contributed by atoms with van der Waals surface area (Å²) in [4.78, 5) is 0. The third-order valence-electron chi connectivity index (χ3n) is 3.19. The molecule has 14 heavy (non-hydrogen) atoms. The Labute approximate surface area is 87.3 Å². The molecule has 0 aromatic carbocycles. The first-order valence-corrected chi connectivity index (χ1v) is 6.17. The largest absolute Gasteiger partial charge is 0.390 e. The maximum Gasteiger partial charge on any atom is 0.0799 e. The van der Waals surface area contributed by atoms with Gasteiger partial charge in [-0.05, 0) is 12.8 Å². The first kappa shape index (κ1) is 12.0. The number of aliphatic hydroxyl groups excluding tert-OH is 2. The van der Waals surface area contributed by atoms with Crippen molar-refractivity contribution in [3.8, 4) is 0 Å². The van der Waals surface area contributed by atoms with Gasteiger partial charge in [0.25, 0.3) is 0 Å². The summed E-state index contributed by atoms with van der Waals surface area (Å²) in [6, 6.07) is 0. The molecule has 84 valence electrons. The van der Waals surface area contributed by atoms with E-state index in [2.05, 4.69) is 0 Å². The highest BCUT2D eigenvalue weighted by molar-refractivity contribution is 4.68. The van der Waals surface area contributed by atoms with Crippen LogP contribution in [0.15, 0.2) is 0 Å². The van der Waals surface area contributed by atoms with Crippen molar-refractivity contribution in [2.24, 2.45) is 0 Å². The Bertz CT molecular complexity index is 120. The van der Waals surface area contributed by atoms with Crippen molar-refractivity contribution >= 4 is 0 Å². The molecule has 2 N–H and O–H groups in total. The van der Waals surface area contributed by atoms with Gasteiger partial charge in [0.05, 0.1) is 12.2 Å². The molecule has 2 nitrogen and oxygen atoms in total. The molecule has 1 saturated carbocycles.